The smallest absolute Gasteiger partial charge is 0.408 e. The molecule has 3 rings (SSSR count). The maximum absolute atomic E-state index is 14.0. The first-order valence-corrected chi connectivity index (χ1v) is 8.35. The van der Waals surface area contributed by atoms with Crippen LogP contribution in [-0.2, 0) is 16.8 Å². The number of halogens is 4. The van der Waals surface area contributed by atoms with Crippen LogP contribution >= 0.6 is 0 Å². The van der Waals surface area contributed by atoms with Crippen LogP contribution < -0.4 is 0 Å². The molecule has 1 aliphatic carbocycles. The second kappa shape index (κ2) is 6.51. The van der Waals surface area contributed by atoms with Crippen molar-refractivity contribution in [1.82, 2.24) is 9.78 Å². The number of benzene rings is 1. The first kappa shape index (κ1) is 19.1. The topological polar surface area (TPSA) is 55.1 Å². The molecule has 1 aromatic carbocycles. The summed E-state index contributed by atoms with van der Waals surface area (Å²) in [6.45, 7) is 2.04. The van der Waals surface area contributed by atoms with Gasteiger partial charge in [0.05, 0.1) is 6.20 Å². The third kappa shape index (κ3) is 3.36. The molecule has 0 saturated carbocycles. The highest BCUT2D eigenvalue weighted by atomic mass is 19.4. The summed E-state index contributed by atoms with van der Waals surface area (Å²) in [6.07, 6.45) is 0.00385. The van der Waals surface area contributed by atoms with Crippen LogP contribution in [0.25, 0.3) is 5.57 Å². The largest absolute Gasteiger partial charge is 0.480 e. The van der Waals surface area contributed by atoms with Gasteiger partial charge >= 0.3 is 12.1 Å². The van der Waals surface area contributed by atoms with Crippen molar-refractivity contribution in [2.45, 2.75) is 38.4 Å². The van der Waals surface area contributed by atoms with Crippen molar-refractivity contribution in [1.29, 1.82) is 0 Å². The van der Waals surface area contributed by atoms with Gasteiger partial charge in [-0.2, -0.15) is 18.3 Å². The zero-order valence-electron chi connectivity index (χ0n) is 14.7. The molecule has 8 heteroatoms. The zero-order valence-corrected chi connectivity index (χ0v) is 14.7. The number of nitrogens with zero attached hydrogens (tertiary/aromatic N) is 2. The molecule has 4 nitrogen and oxygen atoms in total. The molecular weight excluding hydrogens is 364 g/mol. The molecule has 0 amide bonds. The molecule has 2 atom stereocenters. The molecule has 0 aliphatic heterocycles. The monoisotopic (exact) mass is 382 g/mol. The predicted octanol–water partition coefficient (Wildman–Crippen LogP) is 4.34. The fourth-order valence-corrected chi connectivity index (χ4v) is 3.75. The molecule has 2 aromatic rings. The predicted molar refractivity (Wildman–Crippen MR) is 90.5 cm³/mol. The Morgan fingerprint density at radius 1 is 1.41 bits per heavy atom. The van der Waals surface area contributed by atoms with Crippen LogP contribution in [-0.4, -0.2) is 27.0 Å². The van der Waals surface area contributed by atoms with E-state index in [1.807, 2.05) is 0 Å². The van der Waals surface area contributed by atoms with Gasteiger partial charge in [0.25, 0.3) is 0 Å². The Bertz CT molecular complexity index is 917. The lowest BCUT2D eigenvalue weighted by Gasteiger charge is -2.30. The number of rotatable bonds is 4. The van der Waals surface area contributed by atoms with Gasteiger partial charge in [0, 0.05) is 11.8 Å². The minimum Gasteiger partial charge on any atom is -0.480 e. The standard InChI is InChI=1S/C19H18F4N2O2/c1-11-6-13(14-8-24-25(9-14)10-19(21,22)23)7-18(11,17(26)27)15-4-3-5-16(20)12(15)2/h3-5,7-9,11H,6,10H2,1-2H3,(H,26,27). The summed E-state index contributed by atoms with van der Waals surface area (Å²) in [6, 6.07) is 4.30. The molecule has 1 N–H and O–H groups in total. The van der Waals surface area contributed by atoms with Crippen molar-refractivity contribution in [3.63, 3.8) is 0 Å². The molecule has 1 aliphatic rings. The summed E-state index contributed by atoms with van der Waals surface area (Å²) in [4.78, 5) is 12.2. The Hall–Kier alpha value is -2.64. The van der Waals surface area contributed by atoms with E-state index in [1.165, 1.54) is 37.5 Å². The van der Waals surface area contributed by atoms with Crippen molar-refractivity contribution in [2.24, 2.45) is 5.92 Å². The molecule has 1 aromatic heterocycles. The molecule has 27 heavy (non-hydrogen) atoms. The summed E-state index contributed by atoms with van der Waals surface area (Å²) in [7, 11) is 0. The molecule has 0 bridgehead atoms. The van der Waals surface area contributed by atoms with Crippen LogP contribution in [0.15, 0.2) is 36.7 Å². The van der Waals surface area contributed by atoms with Gasteiger partial charge in [-0.25, -0.2) is 4.39 Å². The number of carboxylic acids is 1. The van der Waals surface area contributed by atoms with Crippen LogP contribution in [0.2, 0.25) is 0 Å². The minimum absolute atomic E-state index is 0.247. The summed E-state index contributed by atoms with van der Waals surface area (Å²) >= 11 is 0. The highest BCUT2D eigenvalue weighted by Gasteiger charge is 2.49. The quantitative estimate of drug-likeness (QED) is 0.801. The Balaban J connectivity index is 2.06. The van der Waals surface area contributed by atoms with Crippen LogP contribution in [0.1, 0.15) is 30.0 Å². The van der Waals surface area contributed by atoms with Gasteiger partial charge in [-0.1, -0.05) is 25.1 Å². The van der Waals surface area contributed by atoms with Gasteiger partial charge in [-0.3, -0.25) is 9.48 Å². The molecule has 0 fully saturated rings. The number of hydrogen-bond donors (Lipinski definition) is 1. The number of aromatic nitrogens is 2. The first-order valence-electron chi connectivity index (χ1n) is 8.35. The van der Waals surface area contributed by atoms with E-state index in [1.54, 1.807) is 13.0 Å². The highest BCUT2D eigenvalue weighted by Crippen LogP contribution is 2.48. The van der Waals surface area contributed by atoms with Crippen LogP contribution in [0, 0.1) is 18.7 Å². The van der Waals surface area contributed by atoms with Crippen molar-refractivity contribution < 1.29 is 27.5 Å². The molecule has 0 saturated heterocycles. The summed E-state index contributed by atoms with van der Waals surface area (Å²) in [5.41, 5.74) is 0.163. The fraction of sp³-hybridized carbons (Fsp3) is 0.368. The van der Waals surface area contributed by atoms with E-state index in [-0.39, 0.29) is 5.56 Å². The molecule has 1 heterocycles. The molecule has 144 valence electrons. The van der Waals surface area contributed by atoms with E-state index in [2.05, 4.69) is 5.10 Å². The maximum Gasteiger partial charge on any atom is 0.408 e. The van der Waals surface area contributed by atoms with E-state index < -0.39 is 35.8 Å². The average Bonchev–Trinajstić information content (AvgIpc) is 3.13. The normalized spacial score (nSPS) is 22.7. The maximum atomic E-state index is 14.0. The van der Waals surface area contributed by atoms with Crippen LogP contribution in [0.3, 0.4) is 0 Å². The molecular formula is C19H18F4N2O2. The van der Waals surface area contributed by atoms with Gasteiger partial charge in [0.2, 0.25) is 0 Å². The molecule has 0 radical (unpaired) electrons. The lowest BCUT2D eigenvalue weighted by Crippen LogP contribution is -2.38. The van der Waals surface area contributed by atoms with E-state index in [0.717, 1.165) is 4.68 Å². The molecule has 2 unspecified atom stereocenters. The SMILES string of the molecule is Cc1c(F)cccc1C1(C(=O)O)C=C(c2cnn(CC(F)(F)F)c2)CC1C. The highest BCUT2D eigenvalue weighted by molar-refractivity contribution is 5.90. The zero-order chi connectivity index (χ0) is 20.0. The number of alkyl halides is 3. The average molecular weight is 382 g/mol. The number of carboxylic acid groups (broad SMARTS) is 1. The van der Waals surface area contributed by atoms with Gasteiger partial charge in [0.1, 0.15) is 17.8 Å². The molecule has 0 spiro atoms. The van der Waals surface area contributed by atoms with E-state index in [4.69, 9.17) is 0 Å². The number of carbonyl (C=O) groups is 1. The first-order chi connectivity index (χ1) is 12.5. The number of allylic oxidation sites excluding steroid dienone is 1. The third-order valence-corrected chi connectivity index (χ3v) is 5.12. The van der Waals surface area contributed by atoms with Gasteiger partial charge in [0.15, 0.2) is 0 Å². The number of hydrogen-bond acceptors (Lipinski definition) is 2. The fourth-order valence-electron chi connectivity index (χ4n) is 3.75. The van der Waals surface area contributed by atoms with Crippen LogP contribution in [0.5, 0.6) is 0 Å². The second-order valence-electron chi connectivity index (χ2n) is 6.90. The lowest BCUT2D eigenvalue weighted by molar-refractivity contribution is -0.144. The number of aliphatic carboxylic acids is 1. The van der Waals surface area contributed by atoms with Gasteiger partial charge < -0.3 is 5.11 Å². The summed E-state index contributed by atoms with van der Waals surface area (Å²) in [5.74, 6) is -2.03. The minimum atomic E-state index is -4.40. The Morgan fingerprint density at radius 2 is 2.11 bits per heavy atom. The third-order valence-electron chi connectivity index (χ3n) is 5.12. The van der Waals surface area contributed by atoms with E-state index in [0.29, 0.717) is 23.1 Å². The van der Waals surface area contributed by atoms with Gasteiger partial charge in [-0.15, -0.1) is 0 Å². The van der Waals surface area contributed by atoms with Crippen molar-refractivity contribution >= 4 is 11.5 Å². The lowest BCUT2D eigenvalue weighted by atomic mass is 9.72. The summed E-state index contributed by atoms with van der Waals surface area (Å²) in [5, 5.41) is 13.7. The Kier molecular flexibility index (Phi) is 4.61. The summed E-state index contributed by atoms with van der Waals surface area (Å²) < 4.78 is 52.4. The van der Waals surface area contributed by atoms with Crippen molar-refractivity contribution in [3.8, 4) is 0 Å². The van der Waals surface area contributed by atoms with E-state index in [9.17, 15) is 27.5 Å². The van der Waals surface area contributed by atoms with E-state index >= 15 is 0 Å². The Labute approximate surface area is 153 Å². The van der Waals surface area contributed by atoms with Crippen molar-refractivity contribution in [3.05, 3.63) is 59.2 Å². The Morgan fingerprint density at radius 3 is 2.74 bits per heavy atom. The van der Waals surface area contributed by atoms with Crippen molar-refractivity contribution in [2.75, 3.05) is 0 Å². The van der Waals surface area contributed by atoms with Gasteiger partial charge in [-0.05, 0) is 42.0 Å². The van der Waals surface area contributed by atoms with Crippen LogP contribution in [0.4, 0.5) is 17.6 Å². The second-order valence-corrected chi connectivity index (χ2v) is 6.90.